The van der Waals surface area contributed by atoms with E-state index in [1.54, 1.807) is 0 Å². The van der Waals surface area contributed by atoms with Crippen LogP contribution in [-0.4, -0.2) is 11.1 Å². The number of carbonyl (C=O) groups is 1. The molecule has 0 aliphatic carbocycles. The van der Waals surface area contributed by atoms with Gasteiger partial charge in [0.2, 0.25) is 0 Å². The third-order valence-corrected chi connectivity index (χ3v) is 2.68. The molecule has 0 bridgehead atoms. The third kappa shape index (κ3) is 3.29. The first-order chi connectivity index (χ1) is 7.73. The van der Waals surface area contributed by atoms with Crippen molar-refractivity contribution in [3.63, 3.8) is 0 Å². The highest BCUT2D eigenvalue weighted by Gasteiger charge is 2.34. The summed E-state index contributed by atoms with van der Waals surface area (Å²) in [5.41, 5.74) is -1.52. The van der Waals surface area contributed by atoms with E-state index in [0.29, 0.717) is 18.2 Å². The molecule has 7 heteroatoms. The van der Waals surface area contributed by atoms with Crippen LogP contribution in [0.1, 0.15) is 11.1 Å². The molecule has 0 saturated carbocycles. The molecular formula is C10H5BrF4O2. The quantitative estimate of drug-likeness (QED) is 0.668. The Balaban J connectivity index is 3.35. The van der Waals surface area contributed by atoms with Gasteiger partial charge in [0.25, 0.3) is 0 Å². The van der Waals surface area contributed by atoms with Crippen molar-refractivity contribution in [1.29, 1.82) is 0 Å². The van der Waals surface area contributed by atoms with Crippen LogP contribution in [0, 0.1) is 5.82 Å². The van der Waals surface area contributed by atoms with Crippen LogP contribution in [0.2, 0.25) is 0 Å². The molecule has 0 heterocycles. The average molecular weight is 313 g/mol. The minimum absolute atomic E-state index is 0.456. The molecule has 0 aliphatic rings. The molecule has 17 heavy (non-hydrogen) atoms. The van der Waals surface area contributed by atoms with Crippen molar-refractivity contribution in [1.82, 2.24) is 0 Å². The number of halogens is 5. The average Bonchev–Trinajstić information content (AvgIpc) is 2.14. The van der Waals surface area contributed by atoms with E-state index >= 15 is 0 Å². The van der Waals surface area contributed by atoms with Crippen molar-refractivity contribution in [2.75, 3.05) is 0 Å². The maximum Gasteiger partial charge on any atom is 0.417 e. The lowest BCUT2D eigenvalue weighted by Gasteiger charge is -2.11. The van der Waals surface area contributed by atoms with Crippen LogP contribution >= 0.6 is 15.9 Å². The number of carboxylic acids is 1. The van der Waals surface area contributed by atoms with Gasteiger partial charge in [0.15, 0.2) is 0 Å². The van der Waals surface area contributed by atoms with Gasteiger partial charge in [0.1, 0.15) is 5.82 Å². The first-order valence-electron chi connectivity index (χ1n) is 4.19. The lowest BCUT2D eigenvalue weighted by molar-refractivity contribution is -0.138. The Morgan fingerprint density at radius 1 is 1.35 bits per heavy atom. The van der Waals surface area contributed by atoms with Gasteiger partial charge in [-0.25, -0.2) is 9.18 Å². The van der Waals surface area contributed by atoms with Crippen LogP contribution in [0.5, 0.6) is 0 Å². The van der Waals surface area contributed by atoms with E-state index in [4.69, 9.17) is 5.11 Å². The fraction of sp³-hybridized carbons (Fsp3) is 0.100. The van der Waals surface area contributed by atoms with Gasteiger partial charge in [0.05, 0.1) is 5.56 Å². The van der Waals surface area contributed by atoms with Crippen molar-refractivity contribution in [3.8, 4) is 0 Å². The zero-order valence-corrected chi connectivity index (χ0v) is 9.64. The standard InChI is InChI=1S/C10H5BrF4O2/c11-9-5(1-4-8(16)17)7(12)3-2-6(9)10(13,14)15/h1-4H,(H,16,17)/b4-1+. The molecule has 0 spiro atoms. The van der Waals surface area contributed by atoms with Crippen molar-refractivity contribution in [2.24, 2.45) is 0 Å². The molecule has 2 nitrogen and oxygen atoms in total. The van der Waals surface area contributed by atoms with Gasteiger partial charge in [-0.1, -0.05) is 0 Å². The fourth-order valence-corrected chi connectivity index (χ4v) is 1.77. The highest BCUT2D eigenvalue weighted by Crippen LogP contribution is 2.37. The molecular weight excluding hydrogens is 308 g/mol. The van der Waals surface area contributed by atoms with E-state index in [9.17, 15) is 22.4 Å². The van der Waals surface area contributed by atoms with Gasteiger partial charge in [-0.15, -0.1) is 0 Å². The summed E-state index contributed by atoms with van der Waals surface area (Å²) in [7, 11) is 0. The molecule has 1 aromatic rings. The van der Waals surface area contributed by atoms with Crippen molar-refractivity contribution < 1.29 is 27.5 Å². The number of carboxylic acid groups (broad SMARTS) is 1. The summed E-state index contributed by atoms with van der Waals surface area (Å²) in [6, 6.07) is 1.21. The van der Waals surface area contributed by atoms with Gasteiger partial charge in [-0.05, 0) is 34.1 Å². The number of rotatable bonds is 2. The van der Waals surface area contributed by atoms with Gasteiger partial charge in [0, 0.05) is 16.1 Å². The lowest BCUT2D eigenvalue weighted by atomic mass is 10.1. The molecule has 0 fully saturated rings. The van der Waals surface area contributed by atoms with Gasteiger partial charge in [-0.3, -0.25) is 0 Å². The zero-order chi connectivity index (χ0) is 13.2. The predicted octanol–water partition coefficient (Wildman–Crippen LogP) is 3.70. The molecule has 1 aromatic carbocycles. The molecule has 0 aromatic heterocycles. The summed E-state index contributed by atoms with van der Waals surface area (Å²) in [6.45, 7) is 0. The largest absolute Gasteiger partial charge is 0.478 e. The molecule has 0 atom stereocenters. The maximum absolute atomic E-state index is 13.2. The SMILES string of the molecule is O=C(O)/C=C/c1c(F)ccc(C(F)(F)F)c1Br. The normalized spacial score (nSPS) is 12.1. The Morgan fingerprint density at radius 2 is 1.94 bits per heavy atom. The fourth-order valence-electron chi connectivity index (χ4n) is 1.10. The maximum atomic E-state index is 13.2. The van der Waals surface area contributed by atoms with Gasteiger partial charge < -0.3 is 5.11 Å². The number of benzene rings is 1. The van der Waals surface area contributed by atoms with Crippen molar-refractivity contribution >= 4 is 28.0 Å². The smallest absolute Gasteiger partial charge is 0.417 e. The van der Waals surface area contributed by atoms with Crippen molar-refractivity contribution in [2.45, 2.75) is 6.18 Å². The van der Waals surface area contributed by atoms with Crippen LogP contribution in [0.3, 0.4) is 0 Å². The van der Waals surface area contributed by atoms with Crippen LogP contribution in [0.4, 0.5) is 17.6 Å². The van der Waals surface area contributed by atoms with Crippen LogP contribution in [-0.2, 0) is 11.0 Å². The number of aliphatic carboxylic acids is 1. The molecule has 1 rings (SSSR count). The molecule has 0 amide bonds. The van der Waals surface area contributed by atoms with E-state index in [2.05, 4.69) is 15.9 Å². The Bertz CT molecular complexity index is 480. The van der Waals surface area contributed by atoms with E-state index in [1.165, 1.54) is 0 Å². The van der Waals surface area contributed by atoms with E-state index in [-0.39, 0.29) is 0 Å². The summed E-state index contributed by atoms with van der Waals surface area (Å²) in [6.07, 6.45) is -3.32. The second kappa shape index (κ2) is 4.87. The first kappa shape index (κ1) is 13.7. The van der Waals surface area contributed by atoms with Crippen molar-refractivity contribution in [3.05, 3.63) is 39.6 Å². The Labute approximate surface area is 102 Å². The summed E-state index contributed by atoms with van der Waals surface area (Å²) in [4.78, 5) is 10.2. The summed E-state index contributed by atoms with van der Waals surface area (Å²) < 4.78 is 50.1. The topological polar surface area (TPSA) is 37.3 Å². The Kier molecular flexibility index (Phi) is 3.92. The molecule has 1 N–H and O–H groups in total. The molecule has 0 unspecified atom stereocenters. The number of hydrogen-bond acceptors (Lipinski definition) is 1. The summed E-state index contributed by atoms with van der Waals surface area (Å²) in [5.74, 6) is -2.32. The highest BCUT2D eigenvalue weighted by atomic mass is 79.9. The van der Waals surface area contributed by atoms with E-state index in [0.717, 1.165) is 6.08 Å². The minimum Gasteiger partial charge on any atom is -0.478 e. The number of alkyl halides is 3. The third-order valence-electron chi connectivity index (χ3n) is 1.82. The van der Waals surface area contributed by atoms with Gasteiger partial charge >= 0.3 is 12.1 Å². The summed E-state index contributed by atoms with van der Waals surface area (Å²) in [5, 5.41) is 8.34. The summed E-state index contributed by atoms with van der Waals surface area (Å²) >= 11 is 2.61. The minimum atomic E-state index is -4.64. The van der Waals surface area contributed by atoms with Gasteiger partial charge in [-0.2, -0.15) is 13.2 Å². The van der Waals surface area contributed by atoms with E-state index < -0.39 is 33.6 Å². The number of hydrogen-bond donors (Lipinski definition) is 1. The predicted molar refractivity (Wildman–Crippen MR) is 55.8 cm³/mol. The second-order valence-electron chi connectivity index (χ2n) is 2.99. The Morgan fingerprint density at radius 3 is 2.41 bits per heavy atom. The molecule has 92 valence electrons. The second-order valence-corrected chi connectivity index (χ2v) is 3.78. The molecule has 0 saturated heterocycles. The van der Waals surface area contributed by atoms with Crippen LogP contribution in [0.15, 0.2) is 22.7 Å². The molecule has 0 radical (unpaired) electrons. The van der Waals surface area contributed by atoms with Crippen LogP contribution < -0.4 is 0 Å². The van der Waals surface area contributed by atoms with E-state index in [1.807, 2.05) is 0 Å². The monoisotopic (exact) mass is 312 g/mol. The molecule has 0 aliphatic heterocycles. The first-order valence-corrected chi connectivity index (χ1v) is 4.99. The Hall–Kier alpha value is -1.37. The van der Waals surface area contributed by atoms with Crippen LogP contribution in [0.25, 0.3) is 6.08 Å². The zero-order valence-electron chi connectivity index (χ0n) is 8.05. The highest BCUT2D eigenvalue weighted by molar-refractivity contribution is 9.10. The lowest BCUT2D eigenvalue weighted by Crippen LogP contribution is -2.07.